The van der Waals surface area contributed by atoms with E-state index in [9.17, 15) is 0 Å². The van der Waals surface area contributed by atoms with Crippen LogP contribution in [0.2, 0.25) is 0 Å². The van der Waals surface area contributed by atoms with E-state index in [0.717, 1.165) is 40.1 Å². The van der Waals surface area contributed by atoms with Gasteiger partial charge in [-0.05, 0) is 113 Å². The number of nitrogens with zero attached hydrogens (tertiary/aromatic N) is 2. The van der Waals surface area contributed by atoms with E-state index in [-0.39, 0.29) is 0 Å². The van der Waals surface area contributed by atoms with E-state index in [0.29, 0.717) is 5.82 Å². The molecule has 1 aliphatic rings. The molecule has 0 saturated heterocycles. The summed E-state index contributed by atoms with van der Waals surface area (Å²) >= 11 is 0. The molecule has 2 heteroatoms. The van der Waals surface area contributed by atoms with Crippen LogP contribution in [-0.4, -0.2) is 9.97 Å². The van der Waals surface area contributed by atoms with Gasteiger partial charge in [-0.2, -0.15) is 0 Å². The molecular weight excluding hydrogens is 761 g/mol. The highest BCUT2D eigenvalue weighted by atomic mass is 14.9. The molecule has 1 aliphatic carbocycles. The second-order valence-electron chi connectivity index (χ2n) is 16.5. The molecule has 0 amide bonds. The average molecular weight is 801 g/mol. The zero-order valence-electron chi connectivity index (χ0n) is 34.5. The van der Waals surface area contributed by atoms with Crippen LogP contribution in [0, 0.1) is 0 Å². The molecule has 0 saturated carbocycles. The number of hydrogen-bond acceptors (Lipinski definition) is 2. The van der Waals surface area contributed by atoms with E-state index in [1.54, 1.807) is 0 Å². The Morgan fingerprint density at radius 1 is 0.286 bits per heavy atom. The zero-order chi connectivity index (χ0) is 41.7. The van der Waals surface area contributed by atoms with Gasteiger partial charge in [0, 0.05) is 16.7 Å². The SMILES string of the molecule is c1ccc(-c2ccc(-c3cc(-c4ccc(-c5cccc6c5-c5cc(-c7ccc8ccccc8c7)c7ccccc7c5C6)cc4)nc(-c4ccc(-c5ccccc5)cc4)n3)cc2)cc1. The number of hydrogen-bond donors (Lipinski definition) is 0. The first-order valence-electron chi connectivity index (χ1n) is 21.7. The minimum atomic E-state index is 0.699. The molecule has 0 aliphatic heterocycles. The fourth-order valence-corrected chi connectivity index (χ4v) is 9.54. The van der Waals surface area contributed by atoms with Crippen molar-refractivity contribution in [1.82, 2.24) is 9.97 Å². The minimum absolute atomic E-state index is 0.699. The molecule has 0 atom stereocenters. The summed E-state index contributed by atoms with van der Waals surface area (Å²) in [6.45, 7) is 0. The van der Waals surface area contributed by atoms with Gasteiger partial charge in [-0.1, -0.05) is 212 Å². The van der Waals surface area contributed by atoms with Gasteiger partial charge >= 0.3 is 0 Å². The third-order valence-corrected chi connectivity index (χ3v) is 12.8. The highest BCUT2D eigenvalue weighted by Crippen LogP contribution is 2.48. The largest absolute Gasteiger partial charge is 0.228 e. The average Bonchev–Trinajstić information content (AvgIpc) is 3.76. The van der Waals surface area contributed by atoms with Crippen LogP contribution in [0.4, 0.5) is 0 Å². The minimum Gasteiger partial charge on any atom is -0.228 e. The summed E-state index contributed by atoms with van der Waals surface area (Å²) in [6, 6.07) is 83.1. The van der Waals surface area contributed by atoms with Gasteiger partial charge in [0.2, 0.25) is 0 Å². The Balaban J connectivity index is 0.939. The lowest BCUT2D eigenvalue weighted by Gasteiger charge is -2.15. The Labute approximate surface area is 367 Å². The van der Waals surface area contributed by atoms with Crippen LogP contribution < -0.4 is 0 Å². The third kappa shape index (κ3) is 6.70. The third-order valence-electron chi connectivity index (χ3n) is 12.8. The molecular formula is C61H40N2. The summed E-state index contributed by atoms with van der Waals surface area (Å²) in [6.07, 6.45) is 0.917. The first-order valence-corrected chi connectivity index (χ1v) is 21.7. The Morgan fingerprint density at radius 3 is 1.44 bits per heavy atom. The number of aromatic nitrogens is 2. The van der Waals surface area contributed by atoms with Crippen LogP contribution in [0.1, 0.15) is 11.1 Å². The number of fused-ring (bicyclic) bond motifs is 6. The molecule has 11 aromatic rings. The van der Waals surface area contributed by atoms with Crippen molar-refractivity contribution in [3.05, 3.63) is 242 Å². The van der Waals surface area contributed by atoms with Gasteiger partial charge in [0.05, 0.1) is 11.4 Å². The quantitative estimate of drug-likeness (QED) is 0.160. The molecule has 0 fully saturated rings. The van der Waals surface area contributed by atoms with E-state index in [1.165, 1.54) is 82.7 Å². The van der Waals surface area contributed by atoms with Gasteiger partial charge in [0.1, 0.15) is 0 Å². The smallest absolute Gasteiger partial charge is 0.160 e. The fourth-order valence-electron chi connectivity index (χ4n) is 9.54. The maximum atomic E-state index is 5.23. The van der Waals surface area contributed by atoms with Crippen molar-refractivity contribution in [3.8, 4) is 89.5 Å². The highest BCUT2D eigenvalue weighted by molar-refractivity contribution is 6.07. The van der Waals surface area contributed by atoms with Gasteiger partial charge < -0.3 is 0 Å². The molecule has 0 bridgehead atoms. The maximum absolute atomic E-state index is 5.23. The molecule has 12 rings (SSSR count). The van der Waals surface area contributed by atoms with Crippen molar-refractivity contribution in [2.45, 2.75) is 6.42 Å². The molecule has 1 aromatic heterocycles. The van der Waals surface area contributed by atoms with Crippen LogP contribution in [-0.2, 0) is 6.42 Å². The van der Waals surface area contributed by atoms with Crippen molar-refractivity contribution in [2.24, 2.45) is 0 Å². The first kappa shape index (κ1) is 36.6. The Hall–Kier alpha value is -8.20. The van der Waals surface area contributed by atoms with Gasteiger partial charge in [-0.3, -0.25) is 0 Å². The molecule has 2 nitrogen and oxygen atoms in total. The van der Waals surface area contributed by atoms with E-state index < -0.39 is 0 Å². The van der Waals surface area contributed by atoms with E-state index in [2.05, 4.69) is 224 Å². The van der Waals surface area contributed by atoms with Gasteiger partial charge in [-0.15, -0.1) is 0 Å². The van der Waals surface area contributed by atoms with Crippen molar-refractivity contribution in [2.75, 3.05) is 0 Å². The lowest BCUT2D eigenvalue weighted by atomic mass is 9.88. The fraction of sp³-hybridized carbons (Fsp3) is 0.0164. The Kier molecular flexibility index (Phi) is 8.93. The standard InChI is InChI=1S/C61H40N2/c1-3-12-40(13-4-1)43-22-29-46(30-23-43)58-39-59(63-61(62-58)48-33-24-44(25-34-48)41-14-5-2-6-15-41)47-31-27-45(28-32-47)52-21-11-18-51-37-56-54-20-10-9-19-53(54)55(38-57(56)60(51)52)50-35-26-42-16-7-8-17-49(42)36-50/h1-36,38-39H,37H2. The van der Waals surface area contributed by atoms with Crippen molar-refractivity contribution < 1.29 is 0 Å². The second-order valence-corrected chi connectivity index (χ2v) is 16.5. The number of rotatable bonds is 7. The molecule has 0 spiro atoms. The summed E-state index contributed by atoms with van der Waals surface area (Å²) in [7, 11) is 0. The van der Waals surface area contributed by atoms with Crippen LogP contribution in [0.15, 0.2) is 231 Å². The molecule has 0 unspecified atom stereocenters. The molecule has 0 radical (unpaired) electrons. The van der Waals surface area contributed by atoms with E-state index in [1.807, 2.05) is 6.07 Å². The number of benzene rings is 10. The van der Waals surface area contributed by atoms with Crippen molar-refractivity contribution in [3.63, 3.8) is 0 Å². The summed E-state index contributed by atoms with van der Waals surface area (Å²) < 4.78 is 0. The van der Waals surface area contributed by atoms with Gasteiger partial charge in [0.15, 0.2) is 5.82 Å². The molecule has 0 N–H and O–H groups in total. The maximum Gasteiger partial charge on any atom is 0.160 e. The molecule has 10 aromatic carbocycles. The summed E-state index contributed by atoms with van der Waals surface area (Å²) in [5, 5.41) is 5.14. The molecule has 294 valence electrons. The van der Waals surface area contributed by atoms with Crippen LogP contribution in [0.3, 0.4) is 0 Å². The summed E-state index contributed by atoms with van der Waals surface area (Å²) in [4.78, 5) is 10.4. The van der Waals surface area contributed by atoms with E-state index >= 15 is 0 Å². The van der Waals surface area contributed by atoms with E-state index in [4.69, 9.17) is 9.97 Å². The Morgan fingerprint density at radius 2 is 0.794 bits per heavy atom. The van der Waals surface area contributed by atoms with Crippen LogP contribution in [0.5, 0.6) is 0 Å². The lowest BCUT2D eigenvalue weighted by molar-refractivity contribution is 1.18. The predicted molar refractivity (Wildman–Crippen MR) is 263 cm³/mol. The summed E-state index contributed by atoms with van der Waals surface area (Å²) in [5.74, 6) is 0.699. The second kappa shape index (κ2) is 15.4. The topological polar surface area (TPSA) is 25.8 Å². The van der Waals surface area contributed by atoms with Crippen LogP contribution in [0.25, 0.3) is 111 Å². The zero-order valence-corrected chi connectivity index (χ0v) is 34.5. The predicted octanol–water partition coefficient (Wildman–Crippen LogP) is 16.0. The van der Waals surface area contributed by atoms with Crippen molar-refractivity contribution >= 4 is 21.5 Å². The molecule has 63 heavy (non-hydrogen) atoms. The monoisotopic (exact) mass is 800 g/mol. The highest BCUT2D eigenvalue weighted by Gasteiger charge is 2.26. The lowest BCUT2D eigenvalue weighted by Crippen LogP contribution is -1.96. The van der Waals surface area contributed by atoms with Gasteiger partial charge in [-0.25, -0.2) is 9.97 Å². The van der Waals surface area contributed by atoms with Gasteiger partial charge in [0.25, 0.3) is 0 Å². The first-order chi connectivity index (χ1) is 31.2. The summed E-state index contributed by atoms with van der Waals surface area (Å²) in [5.41, 5.74) is 19.9. The van der Waals surface area contributed by atoms with Crippen LogP contribution >= 0.6 is 0 Å². The van der Waals surface area contributed by atoms with Crippen molar-refractivity contribution in [1.29, 1.82) is 0 Å². The molecule has 1 heterocycles. The normalized spacial score (nSPS) is 11.7. The Bertz CT molecular complexity index is 3380.